The number of hydrogen-bond donors (Lipinski definition) is 1. The van der Waals surface area contributed by atoms with E-state index >= 15 is 0 Å². The minimum absolute atomic E-state index is 0.234. The molecule has 2 aromatic rings. The Kier molecular flexibility index (Phi) is 4.41. The van der Waals surface area contributed by atoms with E-state index < -0.39 is 11.9 Å². The number of rotatable bonds is 3. The van der Waals surface area contributed by atoms with Gasteiger partial charge in [0.25, 0.3) is 0 Å². The Labute approximate surface area is 123 Å². The van der Waals surface area contributed by atoms with E-state index in [2.05, 4.69) is 21.2 Å². The van der Waals surface area contributed by atoms with Gasteiger partial charge in [-0.1, -0.05) is 27.5 Å². The van der Waals surface area contributed by atoms with E-state index in [-0.39, 0.29) is 5.56 Å². The lowest BCUT2D eigenvalue weighted by molar-refractivity contribution is 0.607. The van der Waals surface area contributed by atoms with Gasteiger partial charge < -0.3 is 5.32 Å². The van der Waals surface area contributed by atoms with Crippen molar-refractivity contribution >= 4 is 33.2 Å². The molecule has 0 heterocycles. The molecular weight excluding hydrogens is 331 g/mol. The van der Waals surface area contributed by atoms with Crippen molar-refractivity contribution in [2.45, 2.75) is 6.04 Å². The van der Waals surface area contributed by atoms with E-state index in [0.29, 0.717) is 5.02 Å². The van der Waals surface area contributed by atoms with Crippen LogP contribution in [-0.4, -0.2) is 0 Å². The molecule has 1 unspecified atom stereocenters. The number of benzene rings is 2. The van der Waals surface area contributed by atoms with Gasteiger partial charge in [0.15, 0.2) is 0 Å². The first kappa shape index (κ1) is 13.9. The maximum absolute atomic E-state index is 13.7. The minimum atomic E-state index is -0.792. The molecule has 1 atom stereocenters. The molecule has 0 aliphatic heterocycles. The summed E-state index contributed by atoms with van der Waals surface area (Å²) in [6.45, 7) is 0. The van der Waals surface area contributed by atoms with Gasteiger partial charge in [-0.3, -0.25) is 0 Å². The summed E-state index contributed by atoms with van der Waals surface area (Å²) in [5.41, 5.74) is 0.965. The van der Waals surface area contributed by atoms with Crippen LogP contribution in [0.1, 0.15) is 11.6 Å². The molecule has 2 nitrogen and oxygen atoms in total. The summed E-state index contributed by atoms with van der Waals surface area (Å²) in [7, 11) is 0. The van der Waals surface area contributed by atoms with Gasteiger partial charge in [-0.15, -0.1) is 0 Å². The summed E-state index contributed by atoms with van der Waals surface area (Å²) in [6, 6.07) is 12.7. The van der Waals surface area contributed by atoms with Crippen LogP contribution in [0.2, 0.25) is 5.02 Å². The number of anilines is 1. The highest BCUT2D eigenvalue weighted by Crippen LogP contribution is 2.25. The highest BCUT2D eigenvalue weighted by Gasteiger charge is 2.15. The summed E-state index contributed by atoms with van der Waals surface area (Å²) >= 11 is 9.16. The predicted octanol–water partition coefficient (Wildman–Crippen LogP) is 4.92. The highest BCUT2D eigenvalue weighted by molar-refractivity contribution is 9.10. The Morgan fingerprint density at radius 3 is 2.53 bits per heavy atom. The zero-order valence-corrected chi connectivity index (χ0v) is 12.0. The van der Waals surface area contributed by atoms with Crippen molar-refractivity contribution in [3.05, 3.63) is 63.3 Å². The second-order valence-electron chi connectivity index (χ2n) is 3.88. The fourth-order valence-corrected chi connectivity index (χ4v) is 2.07. The lowest BCUT2D eigenvalue weighted by atomic mass is 10.1. The van der Waals surface area contributed by atoms with E-state index in [9.17, 15) is 9.65 Å². The molecule has 2 rings (SSSR count). The first-order valence-corrected chi connectivity index (χ1v) is 6.64. The fraction of sp³-hybridized carbons (Fsp3) is 0.0714. The van der Waals surface area contributed by atoms with Gasteiger partial charge in [0, 0.05) is 20.7 Å². The van der Waals surface area contributed by atoms with Gasteiger partial charge in [0.05, 0.1) is 6.07 Å². The zero-order valence-electron chi connectivity index (χ0n) is 9.70. The Hall–Kier alpha value is -1.57. The number of nitrogens with one attached hydrogen (secondary N) is 1. The lowest BCUT2D eigenvalue weighted by Gasteiger charge is -2.14. The Balaban J connectivity index is 2.28. The van der Waals surface area contributed by atoms with Crippen molar-refractivity contribution in [1.29, 1.82) is 5.26 Å². The Bertz CT molecular complexity index is 622. The quantitative estimate of drug-likeness (QED) is 0.861. The van der Waals surface area contributed by atoms with Gasteiger partial charge in [0.2, 0.25) is 0 Å². The zero-order chi connectivity index (χ0) is 13.8. The molecule has 0 spiro atoms. The molecular formula is C14H9BrClFN2. The molecule has 1 N–H and O–H groups in total. The third-order valence-electron chi connectivity index (χ3n) is 2.55. The molecule has 0 saturated heterocycles. The van der Waals surface area contributed by atoms with Gasteiger partial charge in [0.1, 0.15) is 11.9 Å². The van der Waals surface area contributed by atoms with Crippen LogP contribution in [0.4, 0.5) is 10.1 Å². The van der Waals surface area contributed by atoms with Crippen LogP contribution in [0.15, 0.2) is 46.9 Å². The topological polar surface area (TPSA) is 35.8 Å². The molecule has 0 aromatic heterocycles. The number of nitrogens with zero attached hydrogens (tertiary/aromatic N) is 1. The third kappa shape index (κ3) is 3.46. The van der Waals surface area contributed by atoms with Gasteiger partial charge in [-0.25, -0.2) is 4.39 Å². The second kappa shape index (κ2) is 6.05. The summed E-state index contributed by atoms with van der Waals surface area (Å²) in [5, 5.41) is 12.5. The molecule has 0 fully saturated rings. The lowest BCUT2D eigenvalue weighted by Crippen LogP contribution is -2.10. The summed E-state index contributed by atoms with van der Waals surface area (Å²) in [4.78, 5) is 0. The summed E-state index contributed by atoms with van der Waals surface area (Å²) in [5.74, 6) is -0.458. The standard InChI is InChI=1S/C14H9BrClFN2/c15-9-1-4-11(5-2-9)19-14(8-18)12-7-10(16)3-6-13(12)17/h1-7,14,19H. The van der Waals surface area contributed by atoms with Crippen molar-refractivity contribution in [2.24, 2.45) is 0 Å². The van der Waals surface area contributed by atoms with Crippen LogP contribution in [-0.2, 0) is 0 Å². The van der Waals surface area contributed by atoms with Gasteiger partial charge in [-0.2, -0.15) is 5.26 Å². The normalized spacial score (nSPS) is 11.7. The average Bonchev–Trinajstić information content (AvgIpc) is 2.41. The molecule has 19 heavy (non-hydrogen) atoms. The largest absolute Gasteiger partial charge is 0.366 e. The monoisotopic (exact) mass is 338 g/mol. The van der Waals surface area contributed by atoms with Crippen molar-refractivity contribution in [2.75, 3.05) is 5.32 Å². The molecule has 0 bridgehead atoms. The maximum atomic E-state index is 13.7. The molecule has 0 aliphatic carbocycles. The van der Waals surface area contributed by atoms with Crippen LogP contribution >= 0.6 is 27.5 Å². The SMILES string of the molecule is N#CC(Nc1ccc(Br)cc1)c1cc(Cl)ccc1F. The number of nitriles is 1. The number of halogens is 3. The summed E-state index contributed by atoms with van der Waals surface area (Å²) in [6.07, 6.45) is 0. The van der Waals surface area contributed by atoms with Gasteiger partial charge in [-0.05, 0) is 42.5 Å². The highest BCUT2D eigenvalue weighted by atomic mass is 79.9. The van der Waals surface area contributed by atoms with E-state index in [1.807, 2.05) is 18.2 Å². The molecule has 0 aliphatic rings. The minimum Gasteiger partial charge on any atom is -0.366 e. The molecule has 2 aromatic carbocycles. The third-order valence-corrected chi connectivity index (χ3v) is 3.32. The van der Waals surface area contributed by atoms with Crippen LogP contribution < -0.4 is 5.32 Å². The van der Waals surface area contributed by atoms with E-state index in [1.165, 1.54) is 18.2 Å². The molecule has 96 valence electrons. The van der Waals surface area contributed by atoms with Crippen LogP contribution in [0, 0.1) is 17.1 Å². The van der Waals surface area contributed by atoms with Crippen LogP contribution in [0.5, 0.6) is 0 Å². The second-order valence-corrected chi connectivity index (χ2v) is 5.23. The molecule has 5 heteroatoms. The molecule has 0 radical (unpaired) electrons. The fourth-order valence-electron chi connectivity index (χ4n) is 1.63. The first-order valence-electron chi connectivity index (χ1n) is 5.47. The van der Waals surface area contributed by atoms with Crippen LogP contribution in [0.3, 0.4) is 0 Å². The van der Waals surface area contributed by atoms with E-state index in [1.54, 1.807) is 12.1 Å². The van der Waals surface area contributed by atoms with Crippen molar-refractivity contribution in [3.8, 4) is 6.07 Å². The van der Waals surface area contributed by atoms with Gasteiger partial charge >= 0.3 is 0 Å². The van der Waals surface area contributed by atoms with Crippen molar-refractivity contribution in [1.82, 2.24) is 0 Å². The van der Waals surface area contributed by atoms with Crippen LogP contribution in [0.25, 0.3) is 0 Å². The predicted molar refractivity (Wildman–Crippen MR) is 77.5 cm³/mol. The van der Waals surface area contributed by atoms with E-state index in [4.69, 9.17) is 11.6 Å². The average molecular weight is 340 g/mol. The molecule has 0 saturated carbocycles. The van der Waals surface area contributed by atoms with Crippen molar-refractivity contribution < 1.29 is 4.39 Å². The molecule has 0 amide bonds. The van der Waals surface area contributed by atoms with E-state index in [0.717, 1.165) is 10.2 Å². The first-order chi connectivity index (χ1) is 9.10. The number of hydrogen-bond acceptors (Lipinski definition) is 2. The maximum Gasteiger partial charge on any atom is 0.143 e. The Morgan fingerprint density at radius 1 is 1.21 bits per heavy atom. The Morgan fingerprint density at radius 2 is 1.89 bits per heavy atom. The summed E-state index contributed by atoms with van der Waals surface area (Å²) < 4.78 is 14.6. The van der Waals surface area contributed by atoms with Crippen molar-refractivity contribution in [3.63, 3.8) is 0 Å². The smallest absolute Gasteiger partial charge is 0.143 e.